The molecule has 0 saturated heterocycles. The number of carboxylic acid groups (broad SMARTS) is 1. The second kappa shape index (κ2) is 12.0. The molecule has 4 N–H and O–H groups in total. The van der Waals surface area contributed by atoms with Crippen molar-refractivity contribution in [2.45, 2.75) is 24.9 Å². The predicted molar refractivity (Wildman–Crippen MR) is 120 cm³/mol. The van der Waals surface area contributed by atoms with Crippen molar-refractivity contribution >= 4 is 18.0 Å². The molecule has 1 atom stereocenters. The number of carboxylic acids is 1. The summed E-state index contributed by atoms with van der Waals surface area (Å²) in [6.07, 6.45) is -2.04. The van der Waals surface area contributed by atoms with Crippen LogP contribution >= 0.6 is 0 Å². The third-order valence-corrected chi connectivity index (χ3v) is 5.28. The van der Waals surface area contributed by atoms with Gasteiger partial charge in [0, 0.05) is 25.4 Å². The largest absolute Gasteiger partial charge is 0.481 e. The Morgan fingerprint density at radius 2 is 1.58 bits per heavy atom. The molecule has 9 nitrogen and oxygen atoms in total. The van der Waals surface area contributed by atoms with E-state index in [1.165, 1.54) is 0 Å². The van der Waals surface area contributed by atoms with Crippen LogP contribution in [0.4, 0.5) is 4.79 Å². The summed E-state index contributed by atoms with van der Waals surface area (Å²) >= 11 is 0. The van der Waals surface area contributed by atoms with Crippen LogP contribution in [0.5, 0.6) is 0 Å². The smallest absolute Gasteiger partial charge is 0.407 e. The van der Waals surface area contributed by atoms with Gasteiger partial charge in [0.05, 0.1) is 25.7 Å². The van der Waals surface area contributed by atoms with Crippen molar-refractivity contribution in [2.24, 2.45) is 0 Å². The van der Waals surface area contributed by atoms with E-state index >= 15 is 0 Å². The molecule has 176 valence electrons. The SMILES string of the molecule is O=C(O)CC(O)CNC(=O)CCOCCNC(=O)OCC1c2ccccc2-c2ccccc21. The summed E-state index contributed by atoms with van der Waals surface area (Å²) in [6, 6.07) is 16.2. The fourth-order valence-electron chi connectivity index (χ4n) is 3.74. The van der Waals surface area contributed by atoms with Crippen LogP contribution in [-0.4, -0.2) is 67.2 Å². The summed E-state index contributed by atoms with van der Waals surface area (Å²) in [5.74, 6) is -1.50. The first kappa shape index (κ1) is 24.2. The van der Waals surface area contributed by atoms with Gasteiger partial charge in [0.1, 0.15) is 6.61 Å². The molecule has 2 amide bonds. The molecule has 1 aliphatic rings. The van der Waals surface area contributed by atoms with E-state index in [0.717, 1.165) is 22.3 Å². The number of nitrogens with one attached hydrogen (secondary N) is 2. The van der Waals surface area contributed by atoms with E-state index in [2.05, 4.69) is 34.9 Å². The molecule has 2 aromatic carbocycles. The first-order valence-corrected chi connectivity index (χ1v) is 10.8. The van der Waals surface area contributed by atoms with E-state index in [-0.39, 0.29) is 51.2 Å². The molecular weight excluding hydrogens is 428 g/mol. The summed E-state index contributed by atoms with van der Waals surface area (Å²) in [6.45, 7) is 0.672. The zero-order valence-corrected chi connectivity index (χ0v) is 18.2. The van der Waals surface area contributed by atoms with Crippen molar-refractivity contribution in [3.8, 4) is 11.1 Å². The van der Waals surface area contributed by atoms with E-state index in [1.54, 1.807) is 0 Å². The van der Waals surface area contributed by atoms with Gasteiger partial charge in [-0.3, -0.25) is 9.59 Å². The van der Waals surface area contributed by atoms with Crippen LogP contribution in [0.1, 0.15) is 29.9 Å². The number of aliphatic hydroxyl groups excluding tert-OH is 1. The normalized spacial score (nSPS) is 13.0. The number of fused-ring (bicyclic) bond motifs is 3. The van der Waals surface area contributed by atoms with Gasteiger partial charge in [-0.2, -0.15) is 0 Å². The molecule has 33 heavy (non-hydrogen) atoms. The first-order valence-electron chi connectivity index (χ1n) is 10.8. The third-order valence-electron chi connectivity index (χ3n) is 5.28. The van der Waals surface area contributed by atoms with Crippen molar-refractivity contribution in [3.63, 3.8) is 0 Å². The van der Waals surface area contributed by atoms with Crippen molar-refractivity contribution in [1.82, 2.24) is 10.6 Å². The van der Waals surface area contributed by atoms with E-state index in [0.29, 0.717) is 0 Å². The summed E-state index contributed by atoms with van der Waals surface area (Å²) in [5, 5.41) is 23.0. The molecule has 0 bridgehead atoms. The number of alkyl carbamates (subject to hydrolysis) is 1. The molecule has 0 radical (unpaired) electrons. The lowest BCUT2D eigenvalue weighted by atomic mass is 9.98. The molecule has 0 spiro atoms. The van der Waals surface area contributed by atoms with Gasteiger partial charge in [-0.15, -0.1) is 0 Å². The Kier molecular flexibility index (Phi) is 8.79. The lowest BCUT2D eigenvalue weighted by Crippen LogP contribution is -2.34. The number of benzene rings is 2. The average molecular weight is 456 g/mol. The monoisotopic (exact) mass is 456 g/mol. The second-order valence-corrected chi connectivity index (χ2v) is 7.67. The maximum Gasteiger partial charge on any atom is 0.407 e. The zero-order valence-electron chi connectivity index (χ0n) is 18.2. The first-order chi connectivity index (χ1) is 16.0. The standard InChI is InChI=1S/C24H28N2O7/c27-16(13-23(29)30)14-26-22(28)9-11-32-12-10-25-24(31)33-15-21-19-7-3-1-5-17(19)18-6-2-4-8-20(18)21/h1-8,16,21,27H,9-15H2,(H,25,31)(H,26,28)(H,29,30). The summed E-state index contributed by atoms with van der Waals surface area (Å²) in [7, 11) is 0. The lowest BCUT2D eigenvalue weighted by Gasteiger charge is -2.14. The highest BCUT2D eigenvalue weighted by atomic mass is 16.5. The third kappa shape index (κ3) is 7.03. The topological polar surface area (TPSA) is 134 Å². The van der Waals surface area contributed by atoms with Crippen molar-refractivity contribution < 1.29 is 34.1 Å². The van der Waals surface area contributed by atoms with E-state index < -0.39 is 24.6 Å². The molecule has 0 aromatic heterocycles. The molecule has 1 unspecified atom stereocenters. The van der Waals surface area contributed by atoms with E-state index in [1.807, 2.05) is 24.3 Å². The summed E-state index contributed by atoms with van der Waals surface area (Å²) in [4.78, 5) is 34.1. The lowest BCUT2D eigenvalue weighted by molar-refractivity contribution is -0.139. The van der Waals surface area contributed by atoms with Gasteiger partial charge in [-0.1, -0.05) is 48.5 Å². The van der Waals surface area contributed by atoms with Crippen molar-refractivity contribution in [2.75, 3.05) is 32.9 Å². The fraction of sp³-hybridized carbons (Fsp3) is 0.375. The number of rotatable bonds is 12. The maximum atomic E-state index is 12.1. The molecule has 0 fully saturated rings. The Bertz CT molecular complexity index is 933. The minimum atomic E-state index is -1.14. The second-order valence-electron chi connectivity index (χ2n) is 7.67. The van der Waals surface area contributed by atoms with E-state index in [4.69, 9.17) is 14.6 Å². The van der Waals surface area contributed by atoms with Crippen LogP contribution in [-0.2, 0) is 19.1 Å². The minimum absolute atomic E-state index is 0.00747. The molecule has 0 aliphatic heterocycles. The zero-order chi connectivity index (χ0) is 23.6. The number of carbonyl (C=O) groups excluding carboxylic acids is 2. The molecule has 3 rings (SSSR count). The van der Waals surface area contributed by atoms with Crippen LogP contribution in [0.25, 0.3) is 11.1 Å². The average Bonchev–Trinajstić information content (AvgIpc) is 3.12. The number of hydrogen-bond donors (Lipinski definition) is 4. The fourth-order valence-corrected chi connectivity index (χ4v) is 3.74. The molecular formula is C24H28N2O7. The molecule has 9 heteroatoms. The minimum Gasteiger partial charge on any atom is -0.481 e. The summed E-state index contributed by atoms with van der Waals surface area (Å²) < 4.78 is 10.7. The highest BCUT2D eigenvalue weighted by Crippen LogP contribution is 2.44. The Morgan fingerprint density at radius 1 is 0.939 bits per heavy atom. The van der Waals surface area contributed by atoms with Gasteiger partial charge in [-0.25, -0.2) is 4.79 Å². The highest BCUT2D eigenvalue weighted by molar-refractivity contribution is 5.79. The van der Waals surface area contributed by atoms with Gasteiger partial charge in [-0.05, 0) is 22.3 Å². The quantitative estimate of drug-likeness (QED) is 0.358. The van der Waals surface area contributed by atoms with Crippen LogP contribution in [0.2, 0.25) is 0 Å². The Hall–Kier alpha value is -3.43. The molecule has 2 aromatic rings. The van der Waals surface area contributed by atoms with Crippen LogP contribution in [0.15, 0.2) is 48.5 Å². The number of hydrogen-bond acceptors (Lipinski definition) is 6. The molecule has 0 heterocycles. The van der Waals surface area contributed by atoms with Crippen LogP contribution < -0.4 is 10.6 Å². The van der Waals surface area contributed by atoms with Gasteiger partial charge >= 0.3 is 12.1 Å². The number of aliphatic hydroxyl groups is 1. The van der Waals surface area contributed by atoms with Gasteiger partial charge in [0.15, 0.2) is 0 Å². The Morgan fingerprint density at radius 3 is 2.21 bits per heavy atom. The van der Waals surface area contributed by atoms with Gasteiger partial charge < -0.3 is 30.3 Å². The van der Waals surface area contributed by atoms with Crippen LogP contribution in [0, 0.1) is 0 Å². The molecule has 0 saturated carbocycles. The predicted octanol–water partition coefficient (Wildman–Crippen LogP) is 1.88. The van der Waals surface area contributed by atoms with Crippen molar-refractivity contribution in [1.29, 1.82) is 0 Å². The van der Waals surface area contributed by atoms with Crippen LogP contribution in [0.3, 0.4) is 0 Å². The Labute approximate surface area is 191 Å². The highest BCUT2D eigenvalue weighted by Gasteiger charge is 2.28. The van der Waals surface area contributed by atoms with E-state index in [9.17, 15) is 19.5 Å². The van der Waals surface area contributed by atoms with Gasteiger partial charge in [0.2, 0.25) is 5.91 Å². The number of amides is 2. The summed E-state index contributed by atoms with van der Waals surface area (Å²) in [5.41, 5.74) is 4.61. The maximum absolute atomic E-state index is 12.1. The molecule has 1 aliphatic carbocycles. The van der Waals surface area contributed by atoms with Crippen molar-refractivity contribution in [3.05, 3.63) is 59.7 Å². The Balaban J connectivity index is 1.30. The van der Waals surface area contributed by atoms with Gasteiger partial charge in [0.25, 0.3) is 0 Å². The number of aliphatic carboxylic acids is 1. The number of ether oxygens (including phenoxy) is 2. The number of carbonyl (C=O) groups is 3.